The third-order valence-corrected chi connectivity index (χ3v) is 6.09. The maximum Gasteiger partial charge on any atom is 0.336 e. The van der Waals surface area contributed by atoms with E-state index in [0.717, 1.165) is 17.0 Å². The predicted octanol–water partition coefficient (Wildman–Crippen LogP) is 4.76. The SMILES string of the molecule is CCOC(=O)C1=C(C)NC2=C(C(=O)C[C@H](c3ccc(OC)cc3)C2)[C@H]1c1cccc(F)c1. The number of carbonyl (C=O) groups excluding carboxylic acids is 2. The minimum absolute atomic E-state index is 0.00441. The highest BCUT2D eigenvalue weighted by Crippen LogP contribution is 2.45. The molecule has 166 valence electrons. The van der Waals surface area contributed by atoms with Crippen LogP contribution in [0.5, 0.6) is 5.75 Å². The molecule has 0 unspecified atom stereocenters. The zero-order valence-corrected chi connectivity index (χ0v) is 18.4. The Balaban J connectivity index is 1.77. The van der Waals surface area contributed by atoms with E-state index in [1.807, 2.05) is 24.3 Å². The Kier molecular flexibility index (Phi) is 6.12. The average molecular weight is 435 g/mol. The number of Topliss-reactive ketones (excluding diaryl/α,β-unsaturated/α-hetero) is 1. The molecule has 2 aromatic carbocycles. The molecule has 0 saturated heterocycles. The Morgan fingerprint density at radius 1 is 1.12 bits per heavy atom. The quantitative estimate of drug-likeness (QED) is 0.686. The van der Waals surface area contributed by atoms with Crippen molar-refractivity contribution in [3.63, 3.8) is 0 Å². The molecule has 0 fully saturated rings. The van der Waals surface area contributed by atoms with Crippen LogP contribution >= 0.6 is 0 Å². The van der Waals surface area contributed by atoms with Crippen LogP contribution in [0.4, 0.5) is 4.39 Å². The lowest BCUT2D eigenvalue weighted by Crippen LogP contribution is -2.36. The molecule has 0 amide bonds. The second-order valence-corrected chi connectivity index (χ2v) is 8.07. The molecule has 1 heterocycles. The highest BCUT2D eigenvalue weighted by molar-refractivity contribution is 6.04. The highest BCUT2D eigenvalue weighted by Gasteiger charge is 2.41. The fraction of sp³-hybridized carbons (Fsp3) is 0.308. The van der Waals surface area contributed by atoms with Crippen molar-refractivity contribution in [3.8, 4) is 5.75 Å². The molecular weight excluding hydrogens is 409 g/mol. The van der Waals surface area contributed by atoms with Crippen LogP contribution in [0.1, 0.15) is 49.7 Å². The number of allylic oxidation sites excluding steroid dienone is 3. The standard InChI is InChI=1S/C26H26FNO4/c1-4-32-26(30)23-15(2)28-21-13-18(16-8-10-20(31-3)11-9-16)14-22(29)25(21)24(23)17-6-5-7-19(27)12-17/h5-12,18,24,28H,4,13-14H2,1-3H3/t18-,24+/m1/s1. The number of methoxy groups -OCH3 is 1. The first-order valence-corrected chi connectivity index (χ1v) is 10.7. The van der Waals surface area contributed by atoms with Gasteiger partial charge in [-0.15, -0.1) is 0 Å². The molecule has 0 saturated carbocycles. The maximum absolute atomic E-state index is 14.1. The van der Waals surface area contributed by atoms with E-state index in [4.69, 9.17) is 9.47 Å². The van der Waals surface area contributed by atoms with E-state index in [9.17, 15) is 14.0 Å². The van der Waals surface area contributed by atoms with Gasteiger partial charge in [0.1, 0.15) is 11.6 Å². The van der Waals surface area contributed by atoms with Crippen molar-refractivity contribution in [1.82, 2.24) is 5.32 Å². The van der Waals surface area contributed by atoms with Gasteiger partial charge in [-0.25, -0.2) is 9.18 Å². The first-order chi connectivity index (χ1) is 15.4. The van der Waals surface area contributed by atoms with Crippen LogP contribution in [0.25, 0.3) is 0 Å². The van der Waals surface area contributed by atoms with E-state index >= 15 is 0 Å². The zero-order valence-electron chi connectivity index (χ0n) is 18.4. The van der Waals surface area contributed by atoms with Crippen molar-refractivity contribution in [3.05, 3.63) is 88.0 Å². The molecule has 32 heavy (non-hydrogen) atoms. The van der Waals surface area contributed by atoms with Crippen molar-refractivity contribution in [2.75, 3.05) is 13.7 Å². The summed E-state index contributed by atoms with van der Waals surface area (Å²) in [5.41, 5.74) is 3.90. The second kappa shape index (κ2) is 8.99. The lowest BCUT2D eigenvalue weighted by atomic mass is 9.71. The van der Waals surface area contributed by atoms with Gasteiger partial charge in [0.05, 0.1) is 19.3 Å². The minimum Gasteiger partial charge on any atom is -0.497 e. The van der Waals surface area contributed by atoms with Gasteiger partial charge in [0.2, 0.25) is 0 Å². The Bertz CT molecular complexity index is 1120. The molecule has 2 atom stereocenters. The third-order valence-electron chi connectivity index (χ3n) is 6.09. The number of ketones is 1. The Labute approximate surface area is 186 Å². The van der Waals surface area contributed by atoms with Gasteiger partial charge in [0, 0.05) is 29.3 Å². The van der Waals surface area contributed by atoms with Crippen molar-refractivity contribution in [2.24, 2.45) is 0 Å². The predicted molar refractivity (Wildman–Crippen MR) is 119 cm³/mol. The van der Waals surface area contributed by atoms with Crippen LogP contribution in [0.15, 0.2) is 71.1 Å². The molecule has 0 aromatic heterocycles. The van der Waals surface area contributed by atoms with Gasteiger partial charge in [-0.05, 0) is 61.6 Å². The molecule has 6 heteroatoms. The molecule has 5 nitrogen and oxygen atoms in total. The average Bonchev–Trinajstić information content (AvgIpc) is 2.78. The molecule has 4 rings (SSSR count). The smallest absolute Gasteiger partial charge is 0.336 e. The molecule has 0 radical (unpaired) electrons. The minimum atomic E-state index is -0.662. The number of esters is 1. The highest BCUT2D eigenvalue weighted by atomic mass is 19.1. The van der Waals surface area contributed by atoms with Gasteiger partial charge in [-0.1, -0.05) is 24.3 Å². The first kappa shape index (κ1) is 21.8. The Hall–Kier alpha value is -3.41. The number of ether oxygens (including phenoxy) is 2. The number of halogens is 1. The number of carbonyl (C=O) groups is 2. The van der Waals surface area contributed by atoms with E-state index in [2.05, 4.69) is 5.32 Å². The van der Waals surface area contributed by atoms with E-state index < -0.39 is 17.7 Å². The maximum atomic E-state index is 14.1. The van der Waals surface area contributed by atoms with Crippen LogP contribution < -0.4 is 10.1 Å². The number of dihydropyridines is 1. The molecule has 2 aliphatic rings. The van der Waals surface area contributed by atoms with E-state index in [0.29, 0.717) is 35.2 Å². The summed E-state index contributed by atoms with van der Waals surface area (Å²) in [5.74, 6) is -0.861. The summed E-state index contributed by atoms with van der Waals surface area (Å²) < 4.78 is 24.6. The van der Waals surface area contributed by atoms with Gasteiger partial charge in [-0.2, -0.15) is 0 Å². The van der Waals surface area contributed by atoms with Gasteiger partial charge < -0.3 is 14.8 Å². The molecule has 0 spiro atoms. The molecule has 1 aliphatic heterocycles. The molecule has 1 N–H and O–H groups in total. The van der Waals surface area contributed by atoms with Crippen LogP contribution in [-0.4, -0.2) is 25.5 Å². The first-order valence-electron chi connectivity index (χ1n) is 10.7. The lowest BCUT2D eigenvalue weighted by molar-refractivity contribution is -0.138. The van der Waals surface area contributed by atoms with Crippen molar-refractivity contribution < 1.29 is 23.5 Å². The summed E-state index contributed by atoms with van der Waals surface area (Å²) in [6, 6.07) is 13.8. The van der Waals surface area contributed by atoms with E-state index in [1.54, 1.807) is 33.1 Å². The topological polar surface area (TPSA) is 64.6 Å². The van der Waals surface area contributed by atoms with E-state index in [1.165, 1.54) is 12.1 Å². The van der Waals surface area contributed by atoms with Gasteiger partial charge >= 0.3 is 5.97 Å². The van der Waals surface area contributed by atoms with Crippen LogP contribution in [-0.2, 0) is 14.3 Å². The molecule has 1 aliphatic carbocycles. The molecule has 2 aromatic rings. The number of nitrogens with one attached hydrogen (secondary N) is 1. The van der Waals surface area contributed by atoms with Gasteiger partial charge in [0.15, 0.2) is 5.78 Å². The lowest BCUT2D eigenvalue weighted by Gasteiger charge is -2.36. The van der Waals surface area contributed by atoms with Crippen LogP contribution in [0.3, 0.4) is 0 Å². The summed E-state index contributed by atoms with van der Waals surface area (Å²) in [5, 5.41) is 3.29. The number of hydrogen-bond donors (Lipinski definition) is 1. The summed E-state index contributed by atoms with van der Waals surface area (Å²) in [6.45, 7) is 3.74. The fourth-order valence-electron chi connectivity index (χ4n) is 4.65. The Morgan fingerprint density at radius 2 is 1.88 bits per heavy atom. The monoisotopic (exact) mass is 435 g/mol. The number of hydrogen-bond acceptors (Lipinski definition) is 5. The third kappa shape index (κ3) is 4.05. The van der Waals surface area contributed by atoms with Crippen molar-refractivity contribution in [1.29, 1.82) is 0 Å². The largest absolute Gasteiger partial charge is 0.497 e. The second-order valence-electron chi connectivity index (χ2n) is 8.07. The zero-order chi connectivity index (χ0) is 22.8. The van der Waals surface area contributed by atoms with Crippen LogP contribution in [0, 0.1) is 5.82 Å². The fourth-order valence-corrected chi connectivity index (χ4v) is 4.65. The van der Waals surface area contributed by atoms with Crippen LogP contribution in [0.2, 0.25) is 0 Å². The van der Waals surface area contributed by atoms with Crippen molar-refractivity contribution >= 4 is 11.8 Å². The summed E-state index contributed by atoms with van der Waals surface area (Å²) in [7, 11) is 1.62. The van der Waals surface area contributed by atoms with Gasteiger partial charge in [-0.3, -0.25) is 4.79 Å². The number of rotatable bonds is 5. The number of benzene rings is 2. The van der Waals surface area contributed by atoms with Crippen molar-refractivity contribution in [2.45, 2.75) is 38.5 Å². The van der Waals surface area contributed by atoms with Gasteiger partial charge in [0.25, 0.3) is 0 Å². The molecule has 0 bridgehead atoms. The summed E-state index contributed by atoms with van der Waals surface area (Å²) >= 11 is 0. The van der Waals surface area contributed by atoms with E-state index in [-0.39, 0.29) is 18.3 Å². The molecular formula is C26H26FNO4. The Morgan fingerprint density at radius 3 is 2.53 bits per heavy atom. The summed E-state index contributed by atoms with van der Waals surface area (Å²) in [6.07, 6.45) is 0.931. The summed E-state index contributed by atoms with van der Waals surface area (Å²) in [4.78, 5) is 26.3. The normalized spacial score (nSPS) is 20.6.